The number of hydrogen-bond acceptors (Lipinski definition) is 9. The van der Waals surface area contributed by atoms with Crippen molar-refractivity contribution < 1.29 is 42.2 Å². The molecule has 10 heteroatoms. The van der Waals surface area contributed by atoms with Gasteiger partial charge in [-0.15, -0.1) is 0 Å². The van der Waals surface area contributed by atoms with E-state index in [9.17, 15) is 14.5 Å². The molecule has 0 amide bonds. The van der Waals surface area contributed by atoms with Gasteiger partial charge >= 0.3 is 13.8 Å². The van der Waals surface area contributed by atoms with Gasteiger partial charge in [0.2, 0.25) is 5.76 Å². The Hall–Kier alpha value is -4.24. The van der Waals surface area contributed by atoms with E-state index in [1.54, 1.807) is 24.3 Å². The van der Waals surface area contributed by atoms with Gasteiger partial charge in [-0.05, 0) is 36.1 Å². The number of ether oxygens (including phenoxy) is 3. The van der Waals surface area contributed by atoms with Gasteiger partial charge in [-0.25, -0.2) is 9.36 Å². The number of rotatable bonds is 16. The lowest BCUT2D eigenvalue weighted by molar-refractivity contribution is -0.148. The molecule has 0 saturated heterocycles. The summed E-state index contributed by atoms with van der Waals surface area (Å²) < 4.78 is 49.2. The Morgan fingerprint density at radius 1 is 0.674 bits per heavy atom. The van der Waals surface area contributed by atoms with Gasteiger partial charge < -0.3 is 19.3 Å². The van der Waals surface area contributed by atoms with E-state index in [1.807, 2.05) is 98.8 Å². The van der Waals surface area contributed by atoms with E-state index in [0.717, 1.165) is 33.4 Å². The highest BCUT2D eigenvalue weighted by Crippen LogP contribution is 2.53. The Kier molecular flexibility index (Phi) is 11.4. The van der Waals surface area contributed by atoms with Crippen molar-refractivity contribution in [2.75, 3.05) is 6.61 Å². The third kappa shape index (κ3) is 9.16. The molecule has 4 aromatic rings. The molecule has 1 aliphatic heterocycles. The summed E-state index contributed by atoms with van der Waals surface area (Å²) in [5, 5.41) is 10.5. The van der Waals surface area contributed by atoms with E-state index >= 15 is 0 Å². The Morgan fingerprint density at radius 2 is 1.13 bits per heavy atom. The molecule has 0 bridgehead atoms. The lowest BCUT2D eigenvalue weighted by atomic mass is 10.1. The molecule has 240 valence electrons. The van der Waals surface area contributed by atoms with Crippen molar-refractivity contribution in [1.29, 1.82) is 0 Å². The normalized spacial score (nSPS) is 15.5. The van der Waals surface area contributed by atoms with Crippen LogP contribution in [0.15, 0.2) is 121 Å². The van der Waals surface area contributed by atoms with Crippen LogP contribution in [0, 0.1) is 13.8 Å². The van der Waals surface area contributed by atoms with Crippen molar-refractivity contribution in [3.8, 4) is 0 Å². The molecule has 5 rings (SSSR count). The fourth-order valence-corrected chi connectivity index (χ4v) is 5.88. The monoisotopic (exact) mass is 644 g/mol. The predicted octanol–water partition coefficient (Wildman–Crippen LogP) is 7.09. The second kappa shape index (κ2) is 15.9. The molecule has 0 aromatic heterocycles. The number of carbonyl (C=O) groups is 1. The van der Waals surface area contributed by atoms with Crippen molar-refractivity contribution in [3.63, 3.8) is 0 Å². The minimum Gasteiger partial charge on any atom is -0.485 e. The zero-order valence-electron chi connectivity index (χ0n) is 25.7. The molecule has 0 spiro atoms. The van der Waals surface area contributed by atoms with Crippen LogP contribution in [-0.2, 0) is 63.6 Å². The van der Waals surface area contributed by atoms with Gasteiger partial charge in [0.25, 0.3) is 0 Å². The molecule has 0 aliphatic carbocycles. The van der Waals surface area contributed by atoms with Crippen molar-refractivity contribution >= 4 is 13.8 Å². The van der Waals surface area contributed by atoms with Gasteiger partial charge in [0.15, 0.2) is 11.9 Å². The fraction of sp³-hybridized carbons (Fsp3) is 0.250. The number of benzene rings is 4. The first-order valence-electron chi connectivity index (χ1n) is 14.9. The summed E-state index contributed by atoms with van der Waals surface area (Å²) in [7, 11) is -4.36. The summed E-state index contributed by atoms with van der Waals surface area (Å²) in [6.07, 6.45) is -2.68. The van der Waals surface area contributed by atoms with Crippen LogP contribution in [0.1, 0.15) is 33.4 Å². The van der Waals surface area contributed by atoms with Crippen LogP contribution in [0.3, 0.4) is 0 Å². The van der Waals surface area contributed by atoms with Crippen LogP contribution in [0.5, 0.6) is 0 Å². The lowest BCUT2D eigenvalue weighted by Crippen LogP contribution is -2.35. The molecule has 1 N–H and O–H groups in total. The summed E-state index contributed by atoms with van der Waals surface area (Å²) in [5.41, 5.74) is 5.29. The predicted molar refractivity (Wildman–Crippen MR) is 171 cm³/mol. The maximum absolute atomic E-state index is 14.1. The minimum absolute atomic E-state index is 0.00871. The smallest absolute Gasteiger partial charge is 0.475 e. The van der Waals surface area contributed by atoms with Crippen LogP contribution in [0.2, 0.25) is 0 Å². The topological polar surface area (TPSA) is 110 Å². The first-order valence-corrected chi connectivity index (χ1v) is 16.4. The molecule has 0 saturated carbocycles. The molecule has 0 radical (unpaired) electrons. The summed E-state index contributed by atoms with van der Waals surface area (Å²) in [4.78, 5) is 13.2. The Morgan fingerprint density at radius 3 is 1.61 bits per heavy atom. The zero-order chi connectivity index (χ0) is 32.4. The van der Waals surface area contributed by atoms with Gasteiger partial charge in [-0.2, -0.15) is 0 Å². The van der Waals surface area contributed by atoms with Crippen molar-refractivity contribution in [3.05, 3.63) is 154 Å². The van der Waals surface area contributed by atoms with E-state index in [4.69, 9.17) is 27.8 Å². The molecule has 1 heterocycles. The van der Waals surface area contributed by atoms with Crippen LogP contribution in [0.25, 0.3) is 0 Å². The van der Waals surface area contributed by atoms with Gasteiger partial charge in [0, 0.05) is 0 Å². The number of hydrogen-bond donors (Lipinski definition) is 1. The van der Waals surface area contributed by atoms with E-state index in [2.05, 4.69) is 0 Å². The van der Waals surface area contributed by atoms with Crippen LogP contribution in [-0.4, -0.2) is 29.9 Å². The van der Waals surface area contributed by atoms with E-state index in [1.165, 1.54) is 0 Å². The summed E-state index contributed by atoms with van der Waals surface area (Å²) >= 11 is 0. The first-order chi connectivity index (χ1) is 22.3. The van der Waals surface area contributed by atoms with E-state index < -0.39 is 32.6 Å². The highest BCUT2D eigenvalue weighted by atomic mass is 31.2. The minimum atomic E-state index is -4.36. The number of cyclic esters (lactones) is 1. The fourth-order valence-electron chi connectivity index (χ4n) is 4.56. The molecular formula is C36H37O9P. The molecule has 9 nitrogen and oxygen atoms in total. The summed E-state index contributed by atoms with van der Waals surface area (Å²) in [6, 6.07) is 33.6. The van der Waals surface area contributed by atoms with E-state index in [-0.39, 0.29) is 37.9 Å². The Labute approximate surface area is 268 Å². The first kappa shape index (κ1) is 33.1. The van der Waals surface area contributed by atoms with Gasteiger partial charge in [-0.1, -0.05) is 120 Å². The molecule has 46 heavy (non-hydrogen) atoms. The van der Waals surface area contributed by atoms with Crippen molar-refractivity contribution in [2.45, 2.75) is 52.5 Å². The van der Waals surface area contributed by atoms with Gasteiger partial charge in [0.1, 0.15) is 19.3 Å². The molecule has 1 aliphatic rings. The summed E-state index contributed by atoms with van der Waals surface area (Å²) in [6.45, 7) is 3.21. The largest absolute Gasteiger partial charge is 0.485 e. The number of phosphoric acid groups is 1. The standard InChI is InChI=1S/C36H37O9P/c1-26-13-17-30(18-14-26)22-40-34-33(44-36(38)35(34)41-23-31-19-15-27(2)16-20-31)32(21-37)45-46(39,42-24-28-9-5-3-6-10-28)43-25-29-11-7-4-8-12-29/h3-20,32-33,37H,21-25H2,1-2H3/t32-,33+/m0/s1. The molecule has 4 aromatic carbocycles. The molecule has 0 fully saturated rings. The Balaban J connectivity index is 1.40. The number of carbonyl (C=O) groups excluding carboxylic acids is 1. The number of aliphatic hydroxyl groups is 1. The maximum atomic E-state index is 14.1. The highest BCUT2D eigenvalue weighted by molar-refractivity contribution is 7.48. The van der Waals surface area contributed by atoms with Crippen molar-refractivity contribution in [1.82, 2.24) is 0 Å². The van der Waals surface area contributed by atoms with Crippen LogP contribution >= 0.6 is 7.82 Å². The number of esters is 1. The Bertz CT molecular complexity index is 1590. The number of aryl methyl sites for hydroxylation is 2. The average Bonchev–Trinajstić information content (AvgIpc) is 3.40. The molecule has 0 unspecified atom stereocenters. The summed E-state index contributed by atoms with van der Waals surface area (Å²) in [5.74, 6) is -0.956. The third-order valence-electron chi connectivity index (χ3n) is 7.17. The lowest BCUT2D eigenvalue weighted by Gasteiger charge is -2.27. The second-order valence-electron chi connectivity index (χ2n) is 10.9. The maximum Gasteiger partial charge on any atom is 0.475 e. The quantitative estimate of drug-likeness (QED) is 0.101. The third-order valence-corrected chi connectivity index (χ3v) is 8.59. The molecular weight excluding hydrogens is 607 g/mol. The van der Waals surface area contributed by atoms with Gasteiger partial charge in [-0.3, -0.25) is 13.6 Å². The number of phosphoric ester groups is 1. The number of aliphatic hydroxyl groups excluding tert-OH is 1. The van der Waals surface area contributed by atoms with Crippen LogP contribution in [0.4, 0.5) is 0 Å². The van der Waals surface area contributed by atoms with Gasteiger partial charge in [0.05, 0.1) is 19.8 Å². The van der Waals surface area contributed by atoms with E-state index in [0.29, 0.717) is 0 Å². The average molecular weight is 645 g/mol. The SMILES string of the molecule is Cc1ccc(COC2=C(OCc3ccc(C)cc3)[C@@H]([C@H](CO)OP(=O)(OCc3ccccc3)OCc3ccccc3)OC2=O)cc1. The molecule has 2 atom stereocenters. The highest BCUT2D eigenvalue weighted by Gasteiger charge is 2.46. The van der Waals surface area contributed by atoms with Crippen LogP contribution < -0.4 is 0 Å². The van der Waals surface area contributed by atoms with Crippen molar-refractivity contribution in [2.24, 2.45) is 0 Å². The zero-order valence-corrected chi connectivity index (χ0v) is 26.6. The second-order valence-corrected chi connectivity index (χ2v) is 12.5.